The van der Waals surface area contributed by atoms with Crippen LogP contribution in [0.1, 0.15) is 101 Å². The summed E-state index contributed by atoms with van der Waals surface area (Å²) in [7, 11) is 0. The minimum Gasteiger partial charge on any atom is -0.465 e. The molecule has 0 aromatic heterocycles. The second kappa shape index (κ2) is 8.23. The molecule has 0 radical (unpaired) electrons. The van der Waals surface area contributed by atoms with Crippen LogP contribution in [0.25, 0.3) is 0 Å². The van der Waals surface area contributed by atoms with Crippen LogP contribution < -0.4 is 0 Å². The van der Waals surface area contributed by atoms with Crippen LogP contribution in [0.4, 0.5) is 0 Å². The summed E-state index contributed by atoms with van der Waals surface area (Å²) in [5, 5.41) is 0. The maximum absolute atomic E-state index is 14.1. The van der Waals surface area contributed by atoms with Crippen molar-refractivity contribution in [3.05, 3.63) is 12.2 Å². The summed E-state index contributed by atoms with van der Waals surface area (Å²) < 4.78 is 12.1. The maximum Gasteiger partial charge on any atom is 0.314 e. The van der Waals surface area contributed by atoms with E-state index in [4.69, 9.17) is 9.47 Å². The van der Waals surface area contributed by atoms with Crippen molar-refractivity contribution < 1.29 is 19.1 Å². The van der Waals surface area contributed by atoms with Gasteiger partial charge in [0.15, 0.2) is 0 Å². The van der Waals surface area contributed by atoms with Crippen molar-refractivity contribution >= 4 is 11.9 Å². The number of allylic oxidation sites excluding steroid dienone is 2. The Hall–Kier alpha value is -1.32. The first-order chi connectivity index (χ1) is 14.2. The van der Waals surface area contributed by atoms with E-state index in [1.165, 1.54) is 0 Å². The Kier molecular flexibility index (Phi) is 6.88. The van der Waals surface area contributed by atoms with Crippen molar-refractivity contribution in [2.24, 2.45) is 32.5 Å². The van der Waals surface area contributed by atoms with Crippen molar-refractivity contribution in [2.75, 3.05) is 13.2 Å². The quantitative estimate of drug-likeness (QED) is 0.314. The van der Waals surface area contributed by atoms with Gasteiger partial charge in [0, 0.05) is 10.8 Å². The van der Waals surface area contributed by atoms with Crippen LogP contribution in [0, 0.1) is 32.5 Å². The van der Waals surface area contributed by atoms with Crippen molar-refractivity contribution in [1.29, 1.82) is 0 Å². The Morgan fingerprint density at radius 3 is 1.23 bits per heavy atom. The van der Waals surface area contributed by atoms with E-state index in [1.807, 2.05) is 0 Å². The van der Waals surface area contributed by atoms with Crippen molar-refractivity contribution in [3.63, 3.8) is 0 Å². The number of rotatable bonds is 8. The highest BCUT2D eigenvalue weighted by atomic mass is 16.5. The van der Waals surface area contributed by atoms with E-state index in [-0.39, 0.29) is 33.6 Å². The lowest BCUT2D eigenvalue weighted by atomic mass is 9.47. The Morgan fingerprint density at radius 1 is 0.677 bits per heavy atom. The monoisotopic (exact) mass is 434 g/mol. The zero-order valence-electron chi connectivity index (χ0n) is 21.7. The van der Waals surface area contributed by atoms with Crippen LogP contribution in [0.3, 0.4) is 0 Å². The lowest BCUT2D eigenvalue weighted by molar-refractivity contribution is -0.198. The van der Waals surface area contributed by atoms with Crippen molar-refractivity contribution in [3.8, 4) is 0 Å². The summed E-state index contributed by atoms with van der Waals surface area (Å²) in [4.78, 5) is 28.1. The number of carbonyl (C=O) groups excluding carboxylic acids is 2. The molecule has 4 atom stereocenters. The van der Waals surface area contributed by atoms with Gasteiger partial charge in [-0.1, -0.05) is 81.4 Å². The molecule has 2 bridgehead atoms. The number of hydrogen-bond donors (Lipinski definition) is 0. The fourth-order valence-electron chi connectivity index (χ4n) is 6.69. The molecule has 1 fully saturated rings. The molecule has 0 aliphatic heterocycles. The number of carbonyl (C=O) groups is 2. The topological polar surface area (TPSA) is 52.6 Å². The second-order valence-corrected chi connectivity index (χ2v) is 12.3. The molecule has 0 amide bonds. The van der Waals surface area contributed by atoms with Crippen LogP contribution in [0.15, 0.2) is 12.2 Å². The summed E-state index contributed by atoms with van der Waals surface area (Å²) in [6, 6.07) is 0. The van der Waals surface area contributed by atoms with Gasteiger partial charge in [-0.05, 0) is 42.9 Å². The highest BCUT2D eigenvalue weighted by Gasteiger charge is 2.82. The van der Waals surface area contributed by atoms with Gasteiger partial charge in [0.2, 0.25) is 0 Å². The highest BCUT2D eigenvalue weighted by Crippen LogP contribution is 2.80. The summed E-state index contributed by atoms with van der Waals surface area (Å²) in [6.45, 7) is 21.4. The first kappa shape index (κ1) is 25.9. The Bertz CT molecular complexity index is 664. The number of hydrogen-bond acceptors (Lipinski definition) is 4. The number of ether oxygens (including phenoxy) is 2. The molecule has 2 unspecified atom stereocenters. The third-order valence-corrected chi connectivity index (χ3v) is 8.07. The van der Waals surface area contributed by atoms with E-state index in [0.29, 0.717) is 26.1 Å². The molecular formula is C27H46O4. The molecule has 31 heavy (non-hydrogen) atoms. The standard InChI is InChI=1S/C27H46O4/c1-11-24-15-16-25(12-2,17-24)27(14-4,21(29)31-19-23(8,9)10)26(24,13-3)20(28)30-18-22(5,6)7/h15-16H,11-14,17-19H2,1-10H3/t24-,25-,26?,27?/m1/s1. The van der Waals surface area contributed by atoms with Gasteiger partial charge in [0.25, 0.3) is 0 Å². The summed E-state index contributed by atoms with van der Waals surface area (Å²) >= 11 is 0. The molecule has 0 aromatic carbocycles. The average molecular weight is 435 g/mol. The fourth-order valence-corrected chi connectivity index (χ4v) is 6.69. The molecule has 0 saturated heterocycles. The minimum atomic E-state index is -0.922. The third-order valence-electron chi connectivity index (χ3n) is 8.07. The number of fused-ring (bicyclic) bond motifs is 2. The molecule has 0 N–H and O–H groups in total. The van der Waals surface area contributed by atoms with Crippen LogP contribution in [0.5, 0.6) is 0 Å². The van der Waals surface area contributed by atoms with Gasteiger partial charge in [-0.15, -0.1) is 0 Å². The minimum absolute atomic E-state index is 0.137. The van der Waals surface area contributed by atoms with Crippen molar-refractivity contribution in [2.45, 2.75) is 101 Å². The summed E-state index contributed by atoms with van der Waals surface area (Å²) in [5.74, 6) is -0.443. The largest absolute Gasteiger partial charge is 0.465 e. The molecule has 0 aromatic rings. The van der Waals surface area contributed by atoms with Crippen LogP contribution >= 0.6 is 0 Å². The van der Waals surface area contributed by atoms with Gasteiger partial charge in [-0.25, -0.2) is 0 Å². The van der Waals surface area contributed by atoms with Crippen LogP contribution in [0.2, 0.25) is 0 Å². The second-order valence-electron chi connectivity index (χ2n) is 12.3. The van der Waals surface area contributed by atoms with Gasteiger partial charge in [-0.3, -0.25) is 9.59 Å². The summed E-state index contributed by atoms with van der Waals surface area (Å²) in [5.41, 5.74) is -2.89. The summed E-state index contributed by atoms with van der Waals surface area (Å²) in [6.07, 6.45) is 8.02. The molecule has 2 rings (SSSR count). The Morgan fingerprint density at radius 2 is 1.00 bits per heavy atom. The molecule has 2 aliphatic carbocycles. The Balaban J connectivity index is 2.71. The van der Waals surface area contributed by atoms with E-state index >= 15 is 0 Å². The van der Waals surface area contributed by atoms with E-state index in [1.54, 1.807) is 0 Å². The van der Waals surface area contributed by atoms with Gasteiger partial charge in [-0.2, -0.15) is 0 Å². The van der Waals surface area contributed by atoms with Crippen LogP contribution in [-0.4, -0.2) is 25.2 Å². The molecule has 0 heterocycles. The van der Waals surface area contributed by atoms with Gasteiger partial charge in [0.05, 0.1) is 24.0 Å². The van der Waals surface area contributed by atoms with Gasteiger partial charge < -0.3 is 9.47 Å². The fraction of sp³-hybridized carbons (Fsp3) is 0.852. The van der Waals surface area contributed by atoms with Crippen molar-refractivity contribution in [1.82, 2.24) is 0 Å². The average Bonchev–Trinajstić information content (AvgIpc) is 3.18. The molecule has 1 saturated carbocycles. The number of esters is 2. The zero-order chi connectivity index (χ0) is 23.9. The van der Waals surface area contributed by atoms with E-state index in [9.17, 15) is 9.59 Å². The Labute approximate surface area is 190 Å². The zero-order valence-corrected chi connectivity index (χ0v) is 21.7. The molecule has 4 heteroatoms. The van der Waals surface area contributed by atoms with Crippen LogP contribution in [-0.2, 0) is 19.1 Å². The third kappa shape index (κ3) is 3.66. The first-order valence-corrected chi connectivity index (χ1v) is 12.2. The van der Waals surface area contributed by atoms with E-state index in [2.05, 4.69) is 81.4 Å². The molecule has 0 spiro atoms. The molecule has 178 valence electrons. The normalized spacial score (nSPS) is 34.8. The van der Waals surface area contributed by atoms with E-state index in [0.717, 1.165) is 19.3 Å². The smallest absolute Gasteiger partial charge is 0.314 e. The first-order valence-electron chi connectivity index (χ1n) is 12.2. The van der Waals surface area contributed by atoms with Gasteiger partial charge >= 0.3 is 11.9 Å². The lowest BCUT2D eigenvalue weighted by Gasteiger charge is -2.54. The maximum atomic E-state index is 14.1. The SMILES string of the molecule is CCC1(C(=O)OCC(C)(C)C)C(CC)(C(=O)OCC(C)(C)C)[C@]2(CC)C=C[C@]1(CC)C2. The molecule has 4 nitrogen and oxygen atoms in total. The predicted molar refractivity (Wildman–Crippen MR) is 125 cm³/mol. The van der Waals surface area contributed by atoms with E-state index < -0.39 is 10.8 Å². The lowest BCUT2D eigenvalue weighted by Crippen LogP contribution is -2.61. The molecule has 2 aliphatic rings. The van der Waals surface area contributed by atoms with Gasteiger partial charge in [0.1, 0.15) is 0 Å². The highest BCUT2D eigenvalue weighted by molar-refractivity contribution is 5.93. The predicted octanol–water partition coefficient (Wildman–Crippen LogP) is 6.72. The molecular weight excluding hydrogens is 388 g/mol.